The van der Waals surface area contributed by atoms with Gasteiger partial charge in [-0.15, -0.1) is 5.10 Å². The number of hydrogen-bond donors (Lipinski definition) is 1. The first-order valence-corrected chi connectivity index (χ1v) is 10.1. The van der Waals surface area contributed by atoms with Crippen molar-refractivity contribution in [3.8, 4) is 0 Å². The molecule has 1 aliphatic rings. The summed E-state index contributed by atoms with van der Waals surface area (Å²) in [6.07, 6.45) is 6.37. The van der Waals surface area contributed by atoms with E-state index in [-0.39, 0.29) is 5.56 Å². The molecule has 1 aliphatic heterocycles. The van der Waals surface area contributed by atoms with Crippen LogP contribution in [0.2, 0.25) is 0 Å². The van der Waals surface area contributed by atoms with E-state index in [0.717, 1.165) is 32.5 Å². The molecule has 0 saturated carbocycles. The second kappa shape index (κ2) is 7.64. The van der Waals surface area contributed by atoms with E-state index in [2.05, 4.69) is 56.7 Å². The molecular weight excluding hydrogens is 362 g/mol. The predicted octanol–water partition coefficient (Wildman–Crippen LogP) is 3.45. The predicted molar refractivity (Wildman–Crippen MR) is 116 cm³/mol. The first-order chi connectivity index (χ1) is 14.3. The summed E-state index contributed by atoms with van der Waals surface area (Å²) in [5.74, 6) is 0. The molecule has 2 aromatic carbocycles. The third-order valence-corrected chi connectivity index (χ3v) is 5.70. The molecule has 0 aliphatic carbocycles. The molecule has 1 N–H and O–H groups in total. The van der Waals surface area contributed by atoms with E-state index in [0.29, 0.717) is 17.4 Å². The van der Waals surface area contributed by atoms with Crippen molar-refractivity contribution in [3.05, 3.63) is 76.7 Å². The third-order valence-electron chi connectivity index (χ3n) is 5.70. The zero-order chi connectivity index (χ0) is 19.6. The summed E-state index contributed by atoms with van der Waals surface area (Å²) in [6.45, 7) is 3.50. The second-order valence-electron chi connectivity index (χ2n) is 7.52. The first kappa shape index (κ1) is 17.8. The maximum atomic E-state index is 12.5. The van der Waals surface area contributed by atoms with Crippen molar-refractivity contribution < 1.29 is 0 Å². The molecule has 6 nitrogen and oxygen atoms in total. The van der Waals surface area contributed by atoms with E-state index in [1.54, 1.807) is 0 Å². The smallest absolute Gasteiger partial charge is 0.277 e. The standard InChI is InChI=1S/C23H23N5O/c29-23-19-7-2-4-9-22(19)25-26-28(23)13-5-12-27-14-10-17(11-15-27)20-16-24-21-8-3-1-6-18(20)21/h1-4,6-10,16,24H,5,11-15H2. The monoisotopic (exact) mass is 385 g/mol. The average Bonchev–Trinajstić information content (AvgIpc) is 3.20. The molecule has 0 fully saturated rings. The Hall–Kier alpha value is -3.25. The zero-order valence-corrected chi connectivity index (χ0v) is 16.2. The van der Waals surface area contributed by atoms with Gasteiger partial charge in [-0.05, 0) is 36.6 Å². The Morgan fingerprint density at radius 2 is 1.83 bits per heavy atom. The van der Waals surface area contributed by atoms with E-state index in [1.165, 1.54) is 26.7 Å². The quantitative estimate of drug-likeness (QED) is 0.571. The Kier molecular flexibility index (Phi) is 4.69. The largest absolute Gasteiger partial charge is 0.361 e. The van der Waals surface area contributed by atoms with Crippen LogP contribution in [0.5, 0.6) is 0 Å². The fourth-order valence-corrected chi connectivity index (χ4v) is 4.11. The van der Waals surface area contributed by atoms with E-state index in [4.69, 9.17) is 0 Å². The van der Waals surface area contributed by atoms with Crippen LogP contribution >= 0.6 is 0 Å². The summed E-state index contributed by atoms with van der Waals surface area (Å²) in [5, 5.41) is 10.2. The van der Waals surface area contributed by atoms with Crippen LogP contribution in [-0.2, 0) is 6.54 Å². The average molecular weight is 385 g/mol. The number of aromatic amines is 1. The Bertz CT molecular complexity index is 1250. The van der Waals surface area contributed by atoms with Gasteiger partial charge >= 0.3 is 0 Å². The number of aryl methyl sites for hydroxylation is 1. The normalized spacial score (nSPS) is 15.1. The Morgan fingerprint density at radius 3 is 2.69 bits per heavy atom. The van der Waals surface area contributed by atoms with Gasteiger partial charge in [-0.2, -0.15) is 0 Å². The van der Waals surface area contributed by atoms with Crippen LogP contribution in [-0.4, -0.2) is 44.5 Å². The molecule has 4 aromatic rings. The third kappa shape index (κ3) is 3.47. The van der Waals surface area contributed by atoms with Gasteiger partial charge in [0.25, 0.3) is 5.56 Å². The number of fused-ring (bicyclic) bond motifs is 2. The lowest BCUT2D eigenvalue weighted by molar-refractivity contribution is 0.287. The van der Waals surface area contributed by atoms with E-state index >= 15 is 0 Å². The maximum Gasteiger partial charge on any atom is 0.277 e. The van der Waals surface area contributed by atoms with Gasteiger partial charge in [0.05, 0.1) is 5.39 Å². The summed E-state index contributed by atoms with van der Waals surface area (Å²) in [4.78, 5) is 18.3. The van der Waals surface area contributed by atoms with Crippen LogP contribution in [0.25, 0.3) is 27.4 Å². The highest BCUT2D eigenvalue weighted by Crippen LogP contribution is 2.29. The number of H-pyrrole nitrogens is 1. The SMILES string of the molecule is O=c1c2ccccc2nnn1CCCN1CC=C(c2c[nH]c3ccccc23)CC1. The van der Waals surface area contributed by atoms with Crippen molar-refractivity contribution in [2.24, 2.45) is 0 Å². The number of aromatic nitrogens is 4. The lowest BCUT2D eigenvalue weighted by Gasteiger charge is -2.26. The van der Waals surface area contributed by atoms with Gasteiger partial charge in [0.2, 0.25) is 0 Å². The topological polar surface area (TPSA) is 66.8 Å². The molecule has 0 amide bonds. The Balaban J connectivity index is 1.21. The first-order valence-electron chi connectivity index (χ1n) is 10.1. The molecule has 0 spiro atoms. The number of rotatable bonds is 5. The fourth-order valence-electron chi connectivity index (χ4n) is 4.11. The minimum atomic E-state index is -0.0595. The van der Waals surface area contributed by atoms with Crippen LogP contribution in [0, 0.1) is 0 Å². The summed E-state index contributed by atoms with van der Waals surface area (Å²) < 4.78 is 1.49. The fraction of sp³-hybridized carbons (Fsp3) is 0.261. The molecular formula is C23H23N5O. The highest BCUT2D eigenvalue weighted by Gasteiger charge is 2.15. The number of benzene rings is 2. The Labute approximate surface area is 168 Å². The van der Waals surface area contributed by atoms with Crippen molar-refractivity contribution in [1.82, 2.24) is 24.9 Å². The molecule has 0 bridgehead atoms. The summed E-state index contributed by atoms with van der Waals surface area (Å²) in [5.41, 5.74) is 4.51. The second-order valence-corrected chi connectivity index (χ2v) is 7.52. The zero-order valence-electron chi connectivity index (χ0n) is 16.2. The number of nitrogens with one attached hydrogen (secondary N) is 1. The molecule has 6 heteroatoms. The lowest BCUT2D eigenvalue weighted by Crippen LogP contribution is -2.31. The highest BCUT2D eigenvalue weighted by molar-refractivity contribution is 5.92. The maximum absolute atomic E-state index is 12.5. The summed E-state index contributed by atoms with van der Waals surface area (Å²) in [7, 11) is 0. The van der Waals surface area contributed by atoms with E-state index in [9.17, 15) is 4.79 Å². The van der Waals surface area contributed by atoms with Crippen molar-refractivity contribution in [2.45, 2.75) is 19.4 Å². The lowest BCUT2D eigenvalue weighted by atomic mass is 9.99. The molecule has 146 valence electrons. The summed E-state index contributed by atoms with van der Waals surface area (Å²) >= 11 is 0. The molecule has 2 aromatic heterocycles. The molecule has 0 unspecified atom stereocenters. The number of hydrogen-bond acceptors (Lipinski definition) is 4. The van der Waals surface area contributed by atoms with Gasteiger partial charge in [-0.25, -0.2) is 4.68 Å². The van der Waals surface area contributed by atoms with Crippen LogP contribution in [0.3, 0.4) is 0 Å². The highest BCUT2D eigenvalue weighted by atomic mass is 16.1. The van der Waals surface area contributed by atoms with Crippen LogP contribution < -0.4 is 5.56 Å². The van der Waals surface area contributed by atoms with Gasteiger partial charge in [-0.1, -0.05) is 41.6 Å². The molecule has 29 heavy (non-hydrogen) atoms. The number of nitrogens with zero attached hydrogens (tertiary/aromatic N) is 4. The van der Waals surface area contributed by atoms with Crippen molar-refractivity contribution in [3.63, 3.8) is 0 Å². The molecule has 5 rings (SSSR count). The van der Waals surface area contributed by atoms with Crippen molar-refractivity contribution in [1.29, 1.82) is 0 Å². The molecule has 3 heterocycles. The minimum Gasteiger partial charge on any atom is -0.361 e. The van der Waals surface area contributed by atoms with E-state index in [1.807, 2.05) is 24.3 Å². The molecule has 0 atom stereocenters. The van der Waals surface area contributed by atoms with Crippen LogP contribution in [0.4, 0.5) is 0 Å². The van der Waals surface area contributed by atoms with Crippen molar-refractivity contribution >= 4 is 27.4 Å². The number of para-hydroxylation sites is 1. The summed E-state index contributed by atoms with van der Waals surface area (Å²) in [6, 6.07) is 15.8. The minimum absolute atomic E-state index is 0.0595. The van der Waals surface area contributed by atoms with Gasteiger partial charge < -0.3 is 4.98 Å². The van der Waals surface area contributed by atoms with Gasteiger partial charge in [0, 0.05) is 48.8 Å². The van der Waals surface area contributed by atoms with Crippen LogP contribution in [0.1, 0.15) is 18.4 Å². The molecule has 0 saturated heterocycles. The van der Waals surface area contributed by atoms with Gasteiger partial charge in [0.15, 0.2) is 0 Å². The van der Waals surface area contributed by atoms with Crippen LogP contribution in [0.15, 0.2) is 65.6 Å². The van der Waals surface area contributed by atoms with Gasteiger partial charge in [0.1, 0.15) is 5.52 Å². The molecule has 0 radical (unpaired) electrons. The Morgan fingerprint density at radius 1 is 1.00 bits per heavy atom. The van der Waals surface area contributed by atoms with Gasteiger partial charge in [-0.3, -0.25) is 9.69 Å². The van der Waals surface area contributed by atoms with Crippen molar-refractivity contribution in [2.75, 3.05) is 19.6 Å². The van der Waals surface area contributed by atoms with E-state index < -0.39 is 0 Å².